The first-order valence-electron chi connectivity index (χ1n) is 9.07. The van der Waals surface area contributed by atoms with Gasteiger partial charge in [-0.15, -0.1) is 0 Å². The van der Waals surface area contributed by atoms with Gasteiger partial charge in [0.25, 0.3) is 0 Å². The molecular formula is C20H36N4O2. The van der Waals surface area contributed by atoms with Crippen molar-refractivity contribution in [1.29, 1.82) is 0 Å². The van der Waals surface area contributed by atoms with E-state index in [9.17, 15) is 4.79 Å². The van der Waals surface area contributed by atoms with Crippen LogP contribution in [0.3, 0.4) is 0 Å². The number of rotatable bonds is 9. The Kier molecular flexibility index (Phi) is 11.2. The molecular weight excluding hydrogens is 328 g/mol. The van der Waals surface area contributed by atoms with Gasteiger partial charge >= 0.3 is 6.09 Å². The van der Waals surface area contributed by atoms with Crippen LogP contribution in [0.15, 0.2) is 47.0 Å². The van der Waals surface area contributed by atoms with Gasteiger partial charge in [0.2, 0.25) is 0 Å². The highest BCUT2D eigenvalue weighted by Gasteiger charge is 2.15. The van der Waals surface area contributed by atoms with Gasteiger partial charge in [-0.2, -0.15) is 0 Å². The lowest BCUT2D eigenvalue weighted by Crippen LogP contribution is -2.34. The lowest BCUT2D eigenvalue weighted by molar-refractivity contribution is 0.0545. The van der Waals surface area contributed by atoms with Gasteiger partial charge in [0, 0.05) is 18.7 Å². The van der Waals surface area contributed by atoms with Gasteiger partial charge in [0.15, 0.2) is 0 Å². The maximum absolute atomic E-state index is 11.6. The van der Waals surface area contributed by atoms with Crippen LogP contribution in [0.25, 0.3) is 0 Å². The number of ether oxygens (including phenoxy) is 1. The molecule has 148 valence electrons. The number of hydrogen-bond acceptors (Lipinski definition) is 5. The number of nitrogens with one attached hydrogen (secondary N) is 2. The maximum Gasteiger partial charge on any atom is 0.413 e. The molecule has 0 unspecified atom stereocenters. The van der Waals surface area contributed by atoms with Crippen molar-refractivity contribution < 1.29 is 9.53 Å². The van der Waals surface area contributed by atoms with Gasteiger partial charge < -0.3 is 21.5 Å². The molecule has 0 aromatic rings. The van der Waals surface area contributed by atoms with Gasteiger partial charge in [-0.1, -0.05) is 26.0 Å². The molecule has 0 saturated heterocycles. The summed E-state index contributed by atoms with van der Waals surface area (Å²) in [6, 6.07) is 0. The summed E-state index contributed by atoms with van der Waals surface area (Å²) in [4.78, 5) is 11.6. The molecule has 0 aliphatic carbocycles. The number of nitrogens with two attached hydrogens (primary N) is 2. The molecule has 0 rings (SSSR count). The summed E-state index contributed by atoms with van der Waals surface area (Å²) >= 11 is 0. The van der Waals surface area contributed by atoms with Crippen molar-refractivity contribution in [2.75, 3.05) is 13.6 Å². The van der Waals surface area contributed by atoms with Crippen LogP contribution in [-0.2, 0) is 4.74 Å². The first kappa shape index (κ1) is 23.8. The Bertz CT molecular complexity index is 567. The SMILES string of the molecule is CC/C=C(CC)\C(=C/C/C(N)=C/C=C(\N)NC(=O)OC(C)(C)C)CNC. The van der Waals surface area contributed by atoms with Gasteiger partial charge in [-0.3, -0.25) is 5.32 Å². The fourth-order valence-corrected chi connectivity index (χ4v) is 2.23. The number of carbonyl (C=O) groups excluding carboxylic acids is 1. The van der Waals surface area contributed by atoms with Crippen LogP contribution >= 0.6 is 0 Å². The summed E-state index contributed by atoms with van der Waals surface area (Å²) in [7, 11) is 1.93. The van der Waals surface area contributed by atoms with E-state index in [2.05, 4.69) is 36.6 Å². The molecule has 0 fully saturated rings. The fraction of sp³-hybridized carbons (Fsp3) is 0.550. The minimum absolute atomic E-state index is 0.182. The molecule has 0 spiro atoms. The average Bonchev–Trinajstić information content (AvgIpc) is 2.52. The third-order valence-corrected chi connectivity index (χ3v) is 3.32. The van der Waals surface area contributed by atoms with Crippen molar-refractivity contribution in [2.45, 2.75) is 59.5 Å². The Morgan fingerprint density at radius 3 is 2.23 bits per heavy atom. The first-order valence-corrected chi connectivity index (χ1v) is 9.07. The van der Waals surface area contributed by atoms with Crippen molar-refractivity contribution in [2.24, 2.45) is 11.5 Å². The van der Waals surface area contributed by atoms with Gasteiger partial charge in [0.1, 0.15) is 11.4 Å². The quantitative estimate of drug-likeness (QED) is 0.469. The highest BCUT2D eigenvalue weighted by atomic mass is 16.6. The van der Waals surface area contributed by atoms with Gasteiger partial charge in [-0.05, 0) is 64.0 Å². The minimum Gasteiger partial charge on any atom is -0.444 e. The predicted octanol–water partition coefficient (Wildman–Crippen LogP) is 3.44. The molecule has 1 amide bonds. The van der Waals surface area contributed by atoms with Crippen LogP contribution in [0.4, 0.5) is 4.79 Å². The second kappa shape index (κ2) is 12.2. The summed E-state index contributed by atoms with van der Waals surface area (Å²) in [5, 5.41) is 5.66. The molecule has 6 heteroatoms. The highest BCUT2D eigenvalue weighted by molar-refractivity contribution is 5.69. The van der Waals surface area contributed by atoms with E-state index in [-0.39, 0.29) is 5.82 Å². The van der Waals surface area contributed by atoms with Crippen molar-refractivity contribution in [1.82, 2.24) is 10.6 Å². The number of allylic oxidation sites excluding steroid dienone is 4. The molecule has 0 radical (unpaired) electrons. The number of hydrogen-bond donors (Lipinski definition) is 4. The summed E-state index contributed by atoms with van der Waals surface area (Å²) in [6.45, 7) is 10.4. The Hall–Kier alpha value is -2.21. The van der Waals surface area contributed by atoms with E-state index in [1.54, 1.807) is 32.9 Å². The standard InChI is InChI=1S/C20H36N4O2/c1-7-9-15(8-2)16(14-23-6)10-11-17(21)12-13-18(22)24-19(25)26-20(3,4)5/h9-10,12-13,23H,7-8,11,14,21-22H2,1-6H3,(H,24,25)/b15-9-,16-10-,17-12-,18-13+. The van der Waals surface area contributed by atoms with Crippen LogP contribution < -0.4 is 22.1 Å². The molecule has 0 atom stereocenters. The van der Waals surface area contributed by atoms with Crippen LogP contribution in [0.2, 0.25) is 0 Å². The van der Waals surface area contributed by atoms with E-state index in [4.69, 9.17) is 16.2 Å². The number of likely N-dealkylation sites (N-methyl/N-ethyl adjacent to an activating group) is 1. The zero-order valence-electron chi connectivity index (χ0n) is 17.1. The Labute approximate surface area is 158 Å². The van der Waals surface area contributed by atoms with Crippen molar-refractivity contribution in [3.8, 4) is 0 Å². The minimum atomic E-state index is -0.591. The smallest absolute Gasteiger partial charge is 0.413 e. The molecule has 0 aliphatic heterocycles. The molecule has 0 aliphatic rings. The molecule has 0 aromatic carbocycles. The van der Waals surface area contributed by atoms with E-state index in [1.165, 1.54) is 11.1 Å². The maximum atomic E-state index is 11.6. The van der Waals surface area contributed by atoms with E-state index in [0.717, 1.165) is 19.4 Å². The van der Waals surface area contributed by atoms with Crippen LogP contribution in [0.5, 0.6) is 0 Å². The van der Waals surface area contributed by atoms with Crippen LogP contribution in [-0.4, -0.2) is 25.3 Å². The average molecular weight is 365 g/mol. The number of carbonyl (C=O) groups is 1. The zero-order chi connectivity index (χ0) is 20.2. The van der Waals surface area contributed by atoms with Gasteiger partial charge in [0.05, 0.1) is 0 Å². The molecule has 0 aromatic heterocycles. The van der Waals surface area contributed by atoms with E-state index >= 15 is 0 Å². The van der Waals surface area contributed by atoms with Crippen molar-refractivity contribution >= 4 is 6.09 Å². The lowest BCUT2D eigenvalue weighted by Gasteiger charge is -2.19. The Balaban J connectivity index is 4.92. The van der Waals surface area contributed by atoms with Crippen molar-refractivity contribution in [3.63, 3.8) is 0 Å². The third kappa shape index (κ3) is 11.4. The summed E-state index contributed by atoms with van der Waals surface area (Å²) < 4.78 is 5.14. The van der Waals surface area contributed by atoms with E-state index in [1.807, 2.05) is 7.05 Å². The molecule has 6 N–H and O–H groups in total. The van der Waals surface area contributed by atoms with Gasteiger partial charge in [-0.25, -0.2) is 4.79 Å². The third-order valence-electron chi connectivity index (χ3n) is 3.32. The molecule has 0 heterocycles. The topological polar surface area (TPSA) is 102 Å². The van der Waals surface area contributed by atoms with E-state index < -0.39 is 11.7 Å². The second-order valence-electron chi connectivity index (χ2n) is 6.95. The fourth-order valence-electron chi connectivity index (χ4n) is 2.23. The lowest BCUT2D eigenvalue weighted by atomic mass is 10.0. The zero-order valence-corrected chi connectivity index (χ0v) is 17.1. The number of amides is 1. The molecule has 0 saturated carbocycles. The monoisotopic (exact) mass is 364 g/mol. The number of alkyl carbamates (subject to hydrolysis) is 1. The highest BCUT2D eigenvalue weighted by Crippen LogP contribution is 2.16. The van der Waals surface area contributed by atoms with Crippen molar-refractivity contribution in [3.05, 3.63) is 47.0 Å². The second-order valence-corrected chi connectivity index (χ2v) is 6.95. The Morgan fingerprint density at radius 2 is 1.73 bits per heavy atom. The normalized spacial score (nSPS) is 14.4. The Morgan fingerprint density at radius 1 is 1.08 bits per heavy atom. The van der Waals surface area contributed by atoms with Crippen LogP contribution in [0, 0.1) is 0 Å². The van der Waals surface area contributed by atoms with Crippen LogP contribution in [0.1, 0.15) is 53.9 Å². The molecule has 0 bridgehead atoms. The molecule has 6 nitrogen and oxygen atoms in total. The summed E-state index contributed by atoms with van der Waals surface area (Å²) in [5.74, 6) is 0.182. The molecule has 26 heavy (non-hydrogen) atoms. The largest absolute Gasteiger partial charge is 0.444 e. The summed E-state index contributed by atoms with van der Waals surface area (Å²) in [6.07, 6.45) is 9.62. The first-order chi connectivity index (χ1) is 12.1. The van der Waals surface area contributed by atoms with E-state index in [0.29, 0.717) is 12.1 Å². The predicted molar refractivity (Wildman–Crippen MR) is 109 cm³/mol. The summed E-state index contributed by atoms with van der Waals surface area (Å²) in [5.41, 5.74) is 14.5.